The van der Waals surface area contributed by atoms with Crippen LogP contribution in [0.1, 0.15) is 11.7 Å². The summed E-state index contributed by atoms with van der Waals surface area (Å²) in [5, 5.41) is 6.15. The number of thiol groups is 1. The largest absolute Gasteiger partial charge is 0.445 e. The molecule has 1 heterocycles. The van der Waals surface area contributed by atoms with Gasteiger partial charge in [0.25, 0.3) is 0 Å². The van der Waals surface area contributed by atoms with Crippen LogP contribution in [0.2, 0.25) is 0 Å². The fourth-order valence-corrected chi connectivity index (χ4v) is 1.09. The van der Waals surface area contributed by atoms with Crippen molar-refractivity contribution in [2.24, 2.45) is 0 Å². The van der Waals surface area contributed by atoms with Gasteiger partial charge in [0, 0.05) is 6.42 Å². The molecule has 1 N–H and O–H groups in total. The highest BCUT2D eigenvalue weighted by molar-refractivity contribution is 7.80. The topological polar surface area (TPSA) is 77.2 Å². The summed E-state index contributed by atoms with van der Waals surface area (Å²) >= 11 is 4.04. The Balaban J connectivity index is 2.30. The number of hydrogen-bond acceptors (Lipinski definition) is 6. The van der Waals surface area contributed by atoms with E-state index in [1.165, 1.54) is 6.08 Å². The second-order valence-corrected chi connectivity index (χ2v) is 3.27. The van der Waals surface area contributed by atoms with Crippen molar-refractivity contribution in [2.75, 3.05) is 12.4 Å². The molecular weight excluding hydrogens is 230 g/mol. The van der Waals surface area contributed by atoms with Crippen molar-refractivity contribution in [3.63, 3.8) is 0 Å². The first-order chi connectivity index (χ1) is 7.76. The van der Waals surface area contributed by atoms with E-state index in [-0.39, 0.29) is 13.2 Å². The average molecular weight is 243 g/mol. The van der Waals surface area contributed by atoms with Gasteiger partial charge in [-0.25, -0.2) is 4.79 Å². The van der Waals surface area contributed by atoms with Crippen LogP contribution < -0.4 is 5.32 Å². The number of alkyl carbamates (subject to hydrolysis) is 1. The maximum absolute atomic E-state index is 11.0. The van der Waals surface area contributed by atoms with E-state index in [2.05, 4.69) is 34.7 Å². The molecule has 0 saturated heterocycles. The minimum Gasteiger partial charge on any atom is -0.445 e. The van der Waals surface area contributed by atoms with Crippen LogP contribution in [0.15, 0.2) is 17.2 Å². The molecule has 0 saturated carbocycles. The molecule has 0 fully saturated rings. The van der Waals surface area contributed by atoms with E-state index in [4.69, 9.17) is 9.26 Å². The first-order valence-electron chi connectivity index (χ1n) is 4.70. The summed E-state index contributed by atoms with van der Waals surface area (Å²) in [6, 6.07) is 0. The number of nitrogens with one attached hydrogen (secondary N) is 1. The minimum atomic E-state index is -0.541. The molecule has 0 unspecified atom stereocenters. The lowest BCUT2D eigenvalue weighted by Gasteiger charge is -2.01. The highest BCUT2D eigenvalue weighted by Gasteiger charge is 2.07. The highest BCUT2D eigenvalue weighted by atomic mass is 32.1. The Hall–Kier alpha value is -1.50. The van der Waals surface area contributed by atoms with E-state index < -0.39 is 6.09 Å². The molecule has 88 valence electrons. The molecule has 0 aromatic carbocycles. The fraction of sp³-hybridized carbons (Fsp3) is 0.444. The first-order valence-corrected chi connectivity index (χ1v) is 5.33. The van der Waals surface area contributed by atoms with Crippen LogP contribution in [0, 0.1) is 0 Å². The first kappa shape index (κ1) is 12.6. The molecule has 16 heavy (non-hydrogen) atoms. The molecule has 7 heteroatoms. The quantitative estimate of drug-likeness (QED) is 0.574. The van der Waals surface area contributed by atoms with Crippen molar-refractivity contribution in [1.82, 2.24) is 15.5 Å². The van der Waals surface area contributed by atoms with Crippen LogP contribution in [0.3, 0.4) is 0 Å². The maximum atomic E-state index is 11.0. The Morgan fingerprint density at radius 3 is 3.19 bits per heavy atom. The molecule has 0 aliphatic carbocycles. The molecule has 6 nitrogen and oxygen atoms in total. The average Bonchev–Trinajstić information content (AvgIpc) is 2.72. The summed E-state index contributed by atoms with van der Waals surface area (Å²) < 4.78 is 9.60. The van der Waals surface area contributed by atoms with E-state index in [1.807, 2.05) is 0 Å². The Kier molecular flexibility index (Phi) is 5.41. The zero-order chi connectivity index (χ0) is 11.8. The second kappa shape index (κ2) is 6.89. The molecular formula is C9H13N3O3S. The van der Waals surface area contributed by atoms with Crippen molar-refractivity contribution in [3.05, 3.63) is 24.4 Å². The van der Waals surface area contributed by atoms with Crippen LogP contribution in [0.4, 0.5) is 4.79 Å². The molecule has 0 atom stereocenters. The zero-order valence-corrected chi connectivity index (χ0v) is 9.57. The number of carbonyl (C=O) groups excluding carboxylic acids is 1. The SMILES string of the molecule is C=CCOC(=O)NCc1noc(CCS)n1. The second-order valence-electron chi connectivity index (χ2n) is 2.82. The van der Waals surface area contributed by atoms with Gasteiger partial charge in [-0.05, 0) is 5.75 Å². The van der Waals surface area contributed by atoms with Crippen molar-refractivity contribution in [2.45, 2.75) is 13.0 Å². The number of amides is 1. The Bertz CT molecular complexity index is 354. The van der Waals surface area contributed by atoms with Gasteiger partial charge in [-0.2, -0.15) is 17.6 Å². The summed E-state index contributed by atoms with van der Waals surface area (Å²) in [5.41, 5.74) is 0. The minimum absolute atomic E-state index is 0.170. The van der Waals surface area contributed by atoms with Gasteiger partial charge in [0.05, 0.1) is 6.54 Å². The third-order valence-corrected chi connectivity index (χ3v) is 1.78. The monoisotopic (exact) mass is 243 g/mol. The molecule has 1 rings (SSSR count). The number of nitrogens with zero attached hydrogens (tertiary/aromatic N) is 2. The smallest absolute Gasteiger partial charge is 0.407 e. The lowest BCUT2D eigenvalue weighted by molar-refractivity contribution is 0.157. The van der Waals surface area contributed by atoms with Crippen LogP contribution in [0.5, 0.6) is 0 Å². The van der Waals surface area contributed by atoms with Crippen molar-refractivity contribution < 1.29 is 14.1 Å². The fourth-order valence-electron chi connectivity index (χ4n) is 0.896. The third-order valence-electron chi connectivity index (χ3n) is 1.56. The van der Waals surface area contributed by atoms with Crippen molar-refractivity contribution >= 4 is 18.7 Å². The van der Waals surface area contributed by atoms with Gasteiger partial charge < -0.3 is 14.6 Å². The number of rotatable bonds is 6. The Morgan fingerprint density at radius 2 is 2.50 bits per heavy atom. The molecule has 0 bridgehead atoms. The third kappa shape index (κ3) is 4.35. The summed E-state index contributed by atoms with van der Waals surface area (Å²) in [5.74, 6) is 1.55. The number of hydrogen-bond donors (Lipinski definition) is 2. The van der Waals surface area contributed by atoms with E-state index >= 15 is 0 Å². The van der Waals surface area contributed by atoms with E-state index in [9.17, 15) is 4.79 Å². The van der Waals surface area contributed by atoms with Gasteiger partial charge >= 0.3 is 6.09 Å². The standard InChI is InChI=1S/C9H13N3O3S/c1-2-4-14-9(13)10-6-7-11-8(3-5-16)15-12-7/h2,16H,1,3-6H2,(H,10,13). The Labute approximate surface area is 98.5 Å². The lowest BCUT2D eigenvalue weighted by Crippen LogP contribution is -2.24. The Morgan fingerprint density at radius 1 is 1.69 bits per heavy atom. The molecule has 0 radical (unpaired) electrons. The maximum Gasteiger partial charge on any atom is 0.407 e. The number of ether oxygens (including phenoxy) is 1. The normalized spacial score (nSPS) is 9.81. The molecule has 0 aliphatic heterocycles. The zero-order valence-electron chi connectivity index (χ0n) is 8.68. The summed E-state index contributed by atoms with van der Waals surface area (Å²) in [6.07, 6.45) is 1.55. The van der Waals surface area contributed by atoms with Crippen molar-refractivity contribution in [1.29, 1.82) is 0 Å². The van der Waals surface area contributed by atoms with Gasteiger partial charge in [0.2, 0.25) is 5.89 Å². The number of aromatic nitrogens is 2. The number of aryl methyl sites for hydroxylation is 1. The van der Waals surface area contributed by atoms with Gasteiger partial charge in [-0.15, -0.1) is 0 Å². The molecule has 1 aromatic rings. The summed E-state index contributed by atoms with van der Waals surface area (Å²) in [7, 11) is 0. The van der Waals surface area contributed by atoms with Gasteiger partial charge in [-0.1, -0.05) is 17.8 Å². The van der Waals surface area contributed by atoms with Gasteiger partial charge in [0.1, 0.15) is 6.61 Å². The molecule has 0 spiro atoms. The molecule has 0 aliphatic rings. The van der Waals surface area contributed by atoms with E-state index in [1.54, 1.807) is 0 Å². The van der Waals surface area contributed by atoms with Crippen LogP contribution >= 0.6 is 12.6 Å². The summed E-state index contributed by atoms with van der Waals surface area (Å²) in [4.78, 5) is 15.1. The van der Waals surface area contributed by atoms with Crippen LogP contribution in [0.25, 0.3) is 0 Å². The van der Waals surface area contributed by atoms with E-state index in [0.29, 0.717) is 23.9 Å². The molecule has 1 aromatic heterocycles. The highest BCUT2D eigenvalue weighted by Crippen LogP contribution is 1.99. The van der Waals surface area contributed by atoms with Gasteiger partial charge in [0.15, 0.2) is 5.82 Å². The van der Waals surface area contributed by atoms with Crippen LogP contribution in [-0.4, -0.2) is 28.6 Å². The number of carbonyl (C=O) groups is 1. The van der Waals surface area contributed by atoms with Crippen LogP contribution in [-0.2, 0) is 17.7 Å². The summed E-state index contributed by atoms with van der Waals surface area (Å²) in [6.45, 7) is 3.77. The van der Waals surface area contributed by atoms with Gasteiger partial charge in [-0.3, -0.25) is 0 Å². The molecule has 1 amide bonds. The van der Waals surface area contributed by atoms with E-state index in [0.717, 1.165) is 0 Å². The predicted molar refractivity (Wildman–Crippen MR) is 60.2 cm³/mol. The van der Waals surface area contributed by atoms with Crippen molar-refractivity contribution in [3.8, 4) is 0 Å². The predicted octanol–water partition coefficient (Wildman–Crippen LogP) is 0.954. The lowest BCUT2D eigenvalue weighted by atomic mass is 10.5.